The lowest BCUT2D eigenvalue weighted by atomic mass is 9.82. The van der Waals surface area contributed by atoms with E-state index in [0.717, 1.165) is 43.4 Å². The maximum absolute atomic E-state index is 13.1. The Hall–Kier alpha value is -1.39. The molecule has 2 aliphatic heterocycles. The van der Waals surface area contributed by atoms with E-state index in [4.69, 9.17) is 4.84 Å². The van der Waals surface area contributed by atoms with Crippen LogP contribution in [0.5, 0.6) is 0 Å². The minimum atomic E-state index is -0.0428. The Kier molecular flexibility index (Phi) is 4.39. The van der Waals surface area contributed by atoms with Crippen molar-refractivity contribution in [2.75, 3.05) is 0 Å². The zero-order chi connectivity index (χ0) is 18.5. The Morgan fingerprint density at radius 2 is 1.69 bits per heavy atom. The molecule has 1 aromatic rings. The molecule has 142 valence electrons. The van der Waals surface area contributed by atoms with E-state index in [0.29, 0.717) is 5.92 Å². The lowest BCUT2D eigenvalue weighted by molar-refractivity contribution is -0.518. The quantitative estimate of drug-likeness (QED) is 0.591. The van der Waals surface area contributed by atoms with E-state index < -0.39 is 0 Å². The molecule has 2 heterocycles. The minimum Gasteiger partial charge on any atom is -0.623 e. The molecule has 1 saturated heterocycles. The van der Waals surface area contributed by atoms with Crippen molar-refractivity contribution in [2.24, 2.45) is 5.92 Å². The van der Waals surface area contributed by atoms with Gasteiger partial charge >= 0.3 is 0 Å². The van der Waals surface area contributed by atoms with Crippen molar-refractivity contribution in [1.29, 1.82) is 0 Å². The molecule has 1 aromatic carbocycles. The summed E-state index contributed by atoms with van der Waals surface area (Å²) in [5.41, 5.74) is 2.02. The number of benzene rings is 1. The molecular formula is C22H32N2O2. The molecule has 0 N–H and O–H groups in total. The third-order valence-corrected chi connectivity index (χ3v) is 6.70. The van der Waals surface area contributed by atoms with E-state index in [9.17, 15) is 5.21 Å². The highest BCUT2D eigenvalue weighted by Crippen LogP contribution is 2.43. The van der Waals surface area contributed by atoms with Crippen LogP contribution < -0.4 is 0 Å². The van der Waals surface area contributed by atoms with Gasteiger partial charge in [-0.05, 0) is 71.9 Å². The van der Waals surface area contributed by atoms with Gasteiger partial charge in [0.15, 0.2) is 11.8 Å². The lowest BCUT2D eigenvalue weighted by Gasteiger charge is -2.52. The second-order valence-electron chi connectivity index (χ2n) is 9.59. The van der Waals surface area contributed by atoms with Crippen molar-refractivity contribution in [3.63, 3.8) is 0 Å². The minimum absolute atomic E-state index is 0.00429. The summed E-state index contributed by atoms with van der Waals surface area (Å²) >= 11 is 0. The first-order chi connectivity index (χ1) is 12.3. The normalized spacial score (nSPS) is 33.5. The first kappa shape index (κ1) is 18.0. The molecule has 0 spiro atoms. The van der Waals surface area contributed by atoms with Gasteiger partial charge in [-0.15, -0.1) is 0 Å². The van der Waals surface area contributed by atoms with E-state index >= 15 is 0 Å². The van der Waals surface area contributed by atoms with Crippen LogP contribution in [-0.2, 0) is 4.84 Å². The molecule has 1 aliphatic carbocycles. The highest BCUT2D eigenvalue weighted by Gasteiger charge is 2.53. The number of hydroxylamine groups is 3. The van der Waals surface area contributed by atoms with E-state index in [1.54, 1.807) is 0 Å². The van der Waals surface area contributed by atoms with Crippen LogP contribution in [0.15, 0.2) is 30.3 Å². The molecule has 0 aromatic heterocycles. The van der Waals surface area contributed by atoms with Crippen LogP contribution in [0.25, 0.3) is 0 Å². The van der Waals surface area contributed by atoms with Crippen LogP contribution >= 0.6 is 0 Å². The van der Waals surface area contributed by atoms with Gasteiger partial charge < -0.3 is 5.21 Å². The first-order valence-electron chi connectivity index (χ1n) is 10.1. The Balaban J connectivity index is 1.58. The van der Waals surface area contributed by atoms with Gasteiger partial charge in [0.25, 0.3) is 0 Å². The molecule has 1 saturated carbocycles. The zero-order valence-electron chi connectivity index (χ0n) is 16.6. The molecular weight excluding hydrogens is 324 g/mol. The molecule has 0 bridgehead atoms. The largest absolute Gasteiger partial charge is 0.623 e. The van der Waals surface area contributed by atoms with E-state index in [1.165, 1.54) is 11.2 Å². The van der Waals surface area contributed by atoms with Gasteiger partial charge in [-0.3, -0.25) is 4.84 Å². The number of hydrogen-bond donors (Lipinski definition) is 0. The summed E-state index contributed by atoms with van der Waals surface area (Å²) in [7, 11) is 0. The zero-order valence-corrected chi connectivity index (χ0v) is 16.6. The summed E-state index contributed by atoms with van der Waals surface area (Å²) in [6.45, 7) is 9.08. The molecule has 3 aliphatic rings. The number of piperidine rings is 1. The second kappa shape index (κ2) is 6.35. The smallest absolute Gasteiger partial charge is 0.195 e. The van der Waals surface area contributed by atoms with E-state index in [-0.39, 0.29) is 23.2 Å². The Morgan fingerprint density at radius 1 is 1.04 bits per heavy atom. The van der Waals surface area contributed by atoms with Crippen LogP contribution in [0, 0.1) is 11.1 Å². The molecule has 4 heteroatoms. The second-order valence-corrected chi connectivity index (χ2v) is 9.59. The Bertz CT molecular complexity index is 679. The average Bonchev–Trinajstić information content (AvgIpc) is 3.12. The predicted octanol–water partition coefficient (Wildman–Crippen LogP) is 4.51. The molecule has 0 unspecified atom stereocenters. The Morgan fingerprint density at radius 3 is 2.35 bits per heavy atom. The number of hydrogen-bond acceptors (Lipinski definition) is 3. The Labute approximate surface area is 157 Å². The van der Waals surface area contributed by atoms with Gasteiger partial charge in [0.2, 0.25) is 0 Å². The summed E-state index contributed by atoms with van der Waals surface area (Å²) in [5.74, 6) is 0.420. The van der Waals surface area contributed by atoms with Crippen molar-refractivity contribution >= 4 is 5.71 Å². The third kappa shape index (κ3) is 2.97. The third-order valence-electron chi connectivity index (χ3n) is 6.70. The fourth-order valence-corrected chi connectivity index (χ4v) is 5.49. The van der Waals surface area contributed by atoms with Crippen LogP contribution in [0.2, 0.25) is 0 Å². The predicted molar refractivity (Wildman–Crippen MR) is 104 cm³/mol. The molecule has 4 nitrogen and oxygen atoms in total. The molecule has 3 atom stereocenters. The fraction of sp³-hybridized carbons (Fsp3) is 0.682. The fourth-order valence-electron chi connectivity index (χ4n) is 5.49. The van der Waals surface area contributed by atoms with Crippen molar-refractivity contribution in [2.45, 2.75) is 89.4 Å². The molecule has 26 heavy (non-hydrogen) atoms. The lowest BCUT2D eigenvalue weighted by Crippen LogP contribution is -2.60. The summed E-state index contributed by atoms with van der Waals surface area (Å²) in [4.78, 5) is 6.63. The van der Waals surface area contributed by atoms with Gasteiger partial charge in [0.05, 0.1) is 0 Å². The van der Waals surface area contributed by atoms with Crippen LogP contribution in [0.3, 0.4) is 0 Å². The molecule has 0 amide bonds. The topological polar surface area (TPSA) is 38.5 Å². The number of nitrogens with zero attached hydrogens (tertiary/aromatic N) is 2. The van der Waals surface area contributed by atoms with E-state index in [2.05, 4.69) is 32.8 Å². The maximum atomic E-state index is 13.1. The summed E-state index contributed by atoms with van der Waals surface area (Å²) in [5, 5.41) is 15.4. The van der Waals surface area contributed by atoms with Gasteiger partial charge in [-0.2, -0.15) is 5.06 Å². The van der Waals surface area contributed by atoms with Crippen molar-refractivity contribution < 1.29 is 9.58 Å². The molecule has 4 rings (SSSR count). The number of fused-ring (bicyclic) bond motifs is 1. The highest BCUT2D eigenvalue weighted by molar-refractivity contribution is 5.97. The van der Waals surface area contributed by atoms with Crippen LogP contribution in [0.1, 0.15) is 71.8 Å². The van der Waals surface area contributed by atoms with Crippen molar-refractivity contribution in [1.82, 2.24) is 5.06 Å². The van der Waals surface area contributed by atoms with Gasteiger partial charge in [0, 0.05) is 29.0 Å². The standard InChI is InChI=1S/C22H32N2O2/c1-21(2)13-8-14-22(3,4)24(21)26-19-12-11-17-15-18(23(25)20(17)19)16-9-6-5-7-10-16/h5-7,9-10,17,19-20H,8,11-15H2,1-4H3/t17-,19+,20+/m1/s1. The van der Waals surface area contributed by atoms with E-state index in [1.807, 2.05) is 30.3 Å². The summed E-state index contributed by atoms with van der Waals surface area (Å²) < 4.78 is 1.28. The van der Waals surface area contributed by atoms with Gasteiger partial charge in [0.1, 0.15) is 6.10 Å². The molecule has 0 radical (unpaired) electrons. The maximum Gasteiger partial charge on any atom is 0.195 e. The average molecular weight is 357 g/mol. The van der Waals surface area contributed by atoms with Gasteiger partial charge in [-0.1, -0.05) is 18.2 Å². The monoisotopic (exact) mass is 356 g/mol. The first-order valence-corrected chi connectivity index (χ1v) is 10.1. The van der Waals surface area contributed by atoms with Crippen molar-refractivity contribution in [3.05, 3.63) is 41.1 Å². The van der Waals surface area contributed by atoms with Gasteiger partial charge in [-0.25, -0.2) is 4.74 Å². The highest BCUT2D eigenvalue weighted by atomic mass is 16.7. The summed E-state index contributed by atoms with van der Waals surface area (Å²) in [6, 6.07) is 10.1. The SMILES string of the molecule is CC1(C)CCCC(C)(C)N1O[C@H]1CC[C@@H]2CC(c3ccccc3)=[N+]([O-])[C@@H]21. The van der Waals surface area contributed by atoms with Crippen molar-refractivity contribution in [3.8, 4) is 0 Å². The molecule has 2 fully saturated rings. The summed E-state index contributed by atoms with van der Waals surface area (Å²) in [6.07, 6.45) is 6.45. The number of rotatable bonds is 3. The van der Waals surface area contributed by atoms with Crippen LogP contribution in [0.4, 0.5) is 0 Å². The van der Waals surface area contributed by atoms with Crippen LogP contribution in [-0.4, -0.2) is 38.7 Å².